The molecule has 0 unspecified atom stereocenters. The quantitative estimate of drug-likeness (QED) is 0.798. The van der Waals surface area contributed by atoms with Crippen LogP contribution in [0, 0.1) is 11.6 Å². The van der Waals surface area contributed by atoms with Crippen LogP contribution in [0.25, 0.3) is 0 Å². The van der Waals surface area contributed by atoms with Crippen molar-refractivity contribution in [1.82, 2.24) is 4.98 Å². The van der Waals surface area contributed by atoms with Crippen molar-refractivity contribution in [2.24, 2.45) is 0 Å². The summed E-state index contributed by atoms with van der Waals surface area (Å²) >= 11 is 5.85. The second-order valence-electron chi connectivity index (χ2n) is 3.70. The number of nitrogens with zero attached hydrogens (tertiary/aromatic N) is 1. The first kappa shape index (κ1) is 12.6. The summed E-state index contributed by atoms with van der Waals surface area (Å²) in [5, 5.41) is 0.312. The number of carbonyl (C=O) groups is 1. The highest BCUT2D eigenvalue weighted by molar-refractivity contribution is 6.31. The molecule has 0 amide bonds. The van der Waals surface area contributed by atoms with E-state index in [2.05, 4.69) is 4.98 Å². The van der Waals surface area contributed by atoms with Crippen molar-refractivity contribution in [3.05, 3.63) is 64.4 Å². The molecule has 0 aliphatic rings. The van der Waals surface area contributed by atoms with Crippen LogP contribution in [0.1, 0.15) is 16.1 Å². The molecule has 0 aliphatic heterocycles. The molecule has 5 heteroatoms. The summed E-state index contributed by atoms with van der Waals surface area (Å²) in [6.07, 6.45) is 0.885. The molecule has 0 aliphatic carbocycles. The van der Waals surface area contributed by atoms with Gasteiger partial charge in [-0.05, 0) is 35.9 Å². The van der Waals surface area contributed by atoms with Gasteiger partial charge in [-0.1, -0.05) is 11.6 Å². The number of carbonyl (C=O) groups excluding carboxylic acids is 1. The minimum atomic E-state index is -0.518. The van der Waals surface area contributed by atoms with Crippen LogP contribution in [0.3, 0.4) is 0 Å². The van der Waals surface area contributed by atoms with Gasteiger partial charge in [0, 0.05) is 11.4 Å². The summed E-state index contributed by atoms with van der Waals surface area (Å²) in [5.41, 5.74) is 0.504. The van der Waals surface area contributed by atoms with Gasteiger partial charge in [0.1, 0.15) is 17.3 Å². The van der Waals surface area contributed by atoms with Gasteiger partial charge in [-0.2, -0.15) is 0 Å². The first-order chi connectivity index (χ1) is 8.56. The summed E-state index contributed by atoms with van der Waals surface area (Å²) in [7, 11) is 0. The maximum absolute atomic E-state index is 13.0. The molecule has 18 heavy (non-hydrogen) atoms. The standard InChI is InChI=1S/C13H8ClF2NO/c14-11-3-1-9(15)5-8(11)6-13(18)12-4-2-10(16)7-17-12/h1-5,7H,6H2. The van der Waals surface area contributed by atoms with Crippen molar-refractivity contribution < 1.29 is 13.6 Å². The fourth-order valence-corrected chi connectivity index (χ4v) is 1.67. The summed E-state index contributed by atoms with van der Waals surface area (Å²) < 4.78 is 25.7. The second-order valence-corrected chi connectivity index (χ2v) is 4.10. The van der Waals surface area contributed by atoms with Gasteiger partial charge in [0.25, 0.3) is 0 Å². The van der Waals surface area contributed by atoms with Crippen LogP contribution < -0.4 is 0 Å². The SMILES string of the molecule is O=C(Cc1cc(F)ccc1Cl)c1ccc(F)cn1. The third-order valence-electron chi connectivity index (χ3n) is 2.37. The van der Waals surface area contributed by atoms with Crippen LogP contribution in [-0.2, 0) is 6.42 Å². The van der Waals surface area contributed by atoms with Gasteiger partial charge in [0.05, 0.1) is 6.20 Å². The van der Waals surface area contributed by atoms with Gasteiger partial charge in [0.2, 0.25) is 0 Å². The fourth-order valence-electron chi connectivity index (χ4n) is 1.48. The van der Waals surface area contributed by atoms with Crippen LogP contribution in [-0.4, -0.2) is 10.8 Å². The van der Waals surface area contributed by atoms with E-state index in [0.717, 1.165) is 12.3 Å². The lowest BCUT2D eigenvalue weighted by Gasteiger charge is -2.03. The zero-order chi connectivity index (χ0) is 13.1. The van der Waals surface area contributed by atoms with Crippen LogP contribution in [0.5, 0.6) is 0 Å². The Morgan fingerprint density at radius 1 is 1.17 bits per heavy atom. The van der Waals surface area contributed by atoms with Gasteiger partial charge < -0.3 is 0 Å². The third kappa shape index (κ3) is 2.90. The maximum Gasteiger partial charge on any atom is 0.185 e. The molecule has 0 radical (unpaired) electrons. The van der Waals surface area contributed by atoms with Gasteiger partial charge in [-0.3, -0.25) is 9.78 Å². The Kier molecular flexibility index (Phi) is 3.67. The predicted molar refractivity (Wildman–Crippen MR) is 63.6 cm³/mol. The highest BCUT2D eigenvalue weighted by Crippen LogP contribution is 2.18. The van der Waals surface area contributed by atoms with Crippen molar-refractivity contribution in [3.63, 3.8) is 0 Å². The highest BCUT2D eigenvalue weighted by Gasteiger charge is 2.11. The van der Waals surface area contributed by atoms with Gasteiger partial charge in [-0.25, -0.2) is 8.78 Å². The molecule has 0 saturated carbocycles. The van der Waals surface area contributed by atoms with Gasteiger partial charge >= 0.3 is 0 Å². The lowest BCUT2D eigenvalue weighted by molar-refractivity contribution is 0.0988. The van der Waals surface area contributed by atoms with E-state index in [0.29, 0.717) is 10.6 Å². The normalized spacial score (nSPS) is 10.4. The van der Waals surface area contributed by atoms with E-state index in [-0.39, 0.29) is 17.9 Å². The molecular formula is C13H8ClF2NO. The van der Waals surface area contributed by atoms with E-state index in [1.54, 1.807) is 0 Å². The zero-order valence-corrected chi connectivity index (χ0v) is 9.92. The summed E-state index contributed by atoms with van der Waals surface area (Å²) in [5.74, 6) is -1.33. The molecule has 1 heterocycles. The van der Waals surface area contributed by atoms with Gasteiger partial charge in [-0.15, -0.1) is 0 Å². The molecule has 0 N–H and O–H groups in total. The first-order valence-electron chi connectivity index (χ1n) is 5.15. The number of rotatable bonds is 3. The Balaban J connectivity index is 2.21. The summed E-state index contributed by atoms with van der Waals surface area (Å²) in [6.45, 7) is 0. The molecule has 1 aromatic carbocycles. The Labute approximate surface area is 107 Å². The number of Topliss-reactive ketones (excluding diaryl/α,β-unsaturated/α-hetero) is 1. The van der Waals surface area contributed by atoms with Crippen molar-refractivity contribution >= 4 is 17.4 Å². The molecule has 0 saturated heterocycles. The maximum atomic E-state index is 13.0. The van der Waals surface area contributed by atoms with E-state index in [1.165, 1.54) is 24.3 Å². The molecule has 0 fully saturated rings. The average molecular weight is 268 g/mol. The first-order valence-corrected chi connectivity index (χ1v) is 5.53. The molecule has 1 aromatic heterocycles. The molecular weight excluding hydrogens is 260 g/mol. The molecule has 0 bridgehead atoms. The lowest BCUT2D eigenvalue weighted by atomic mass is 10.1. The number of benzene rings is 1. The molecule has 2 nitrogen and oxygen atoms in total. The van der Waals surface area contributed by atoms with Crippen molar-refractivity contribution in [2.45, 2.75) is 6.42 Å². The zero-order valence-electron chi connectivity index (χ0n) is 9.16. The third-order valence-corrected chi connectivity index (χ3v) is 2.74. The lowest BCUT2D eigenvalue weighted by Crippen LogP contribution is -2.06. The Morgan fingerprint density at radius 2 is 1.89 bits per heavy atom. The smallest absolute Gasteiger partial charge is 0.185 e. The number of ketones is 1. The molecule has 92 valence electrons. The summed E-state index contributed by atoms with van der Waals surface area (Å²) in [6, 6.07) is 6.23. The number of hydrogen-bond donors (Lipinski definition) is 0. The number of halogens is 3. The predicted octanol–water partition coefficient (Wildman–Crippen LogP) is 3.44. The fraction of sp³-hybridized carbons (Fsp3) is 0.0769. The summed E-state index contributed by atoms with van der Waals surface area (Å²) in [4.78, 5) is 15.5. The minimum absolute atomic E-state index is 0.0742. The van der Waals surface area contributed by atoms with Crippen LogP contribution in [0.15, 0.2) is 36.5 Å². The number of aromatic nitrogens is 1. The van der Waals surface area contributed by atoms with Crippen LogP contribution in [0.2, 0.25) is 5.02 Å². The number of pyridine rings is 1. The van der Waals surface area contributed by atoms with Crippen molar-refractivity contribution in [3.8, 4) is 0 Å². The molecule has 0 spiro atoms. The molecule has 0 atom stereocenters. The Bertz CT molecular complexity index is 584. The topological polar surface area (TPSA) is 30.0 Å². The molecule has 2 rings (SSSR count). The van der Waals surface area contributed by atoms with E-state index >= 15 is 0 Å². The minimum Gasteiger partial charge on any atom is -0.292 e. The second kappa shape index (κ2) is 5.23. The average Bonchev–Trinajstić information content (AvgIpc) is 2.34. The van der Waals surface area contributed by atoms with Gasteiger partial charge in [0.15, 0.2) is 5.78 Å². The van der Waals surface area contributed by atoms with E-state index in [4.69, 9.17) is 11.6 Å². The van der Waals surface area contributed by atoms with Crippen LogP contribution >= 0.6 is 11.6 Å². The van der Waals surface area contributed by atoms with Crippen molar-refractivity contribution in [2.75, 3.05) is 0 Å². The van der Waals surface area contributed by atoms with E-state index < -0.39 is 11.6 Å². The Hall–Kier alpha value is -1.81. The van der Waals surface area contributed by atoms with E-state index in [9.17, 15) is 13.6 Å². The molecule has 2 aromatic rings. The Morgan fingerprint density at radius 3 is 2.56 bits per heavy atom. The highest BCUT2D eigenvalue weighted by atomic mass is 35.5. The van der Waals surface area contributed by atoms with Crippen molar-refractivity contribution in [1.29, 1.82) is 0 Å². The van der Waals surface area contributed by atoms with E-state index in [1.807, 2.05) is 0 Å². The largest absolute Gasteiger partial charge is 0.292 e. The number of hydrogen-bond acceptors (Lipinski definition) is 2. The van der Waals surface area contributed by atoms with Crippen LogP contribution in [0.4, 0.5) is 8.78 Å². The monoisotopic (exact) mass is 267 g/mol.